The Morgan fingerprint density at radius 2 is 2.15 bits per heavy atom. The van der Waals surface area contributed by atoms with Gasteiger partial charge in [0.2, 0.25) is 5.60 Å². The Bertz CT molecular complexity index is 673. The van der Waals surface area contributed by atoms with E-state index in [0.717, 1.165) is 0 Å². The van der Waals surface area contributed by atoms with Crippen molar-refractivity contribution in [2.24, 2.45) is 5.73 Å². The van der Waals surface area contributed by atoms with Crippen LogP contribution in [-0.4, -0.2) is 71.8 Å². The first-order chi connectivity index (χ1) is 12.4. The molecule has 1 saturated carbocycles. The highest BCUT2D eigenvalue weighted by atomic mass is 127. The third-order valence-electron chi connectivity index (χ3n) is 5.09. The quantitative estimate of drug-likeness (QED) is 0.0733. The van der Waals surface area contributed by atoms with E-state index in [1.54, 1.807) is 22.6 Å². The van der Waals surface area contributed by atoms with Crippen molar-refractivity contribution < 1.29 is 39.6 Å². The Hall–Kier alpha value is 0.150. The first-order valence-corrected chi connectivity index (χ1v) is 12.7. The van der Waals surface area contributed by atoms with Gasteiger partial charge < -0.3 is 15.4 Å². The van der Waals surface area contributed by atoms with Crippen molar-refractivity contribution in [3.63, 3.8) is 0 Å². The number of rotatable bonds is 9. The van der Waals surface area contributed by atoms with Crippen LogP contribution in [0.1, 0.15) is 19.8 Å². The summed E-state index contributed by atoms with van der Waals surface area (Å²) in [6, 6.07) is 0. The van der Waals surface area contributed by atoms with Crippen LogP contribution in [-0.2, 0) is 16.2 Å². The summed E-state index contributed by atoms with van der Waals surface area (Å²) >= 11 is 1.68. The van der Waals surface area contributed by atoms with Gasteiger partial charge in [0.1, 0.15) is 6.54 Å². The fourth-order valence-corrected chi connectivity index (χ4v) is 11.2. The number of ketones is 1. The minimum Gasteiger partial charge on any atom is -0.326 e. The highest BCUT2D eigenvalue weighted by Gasteiger charge is 2.85. The minimum atomic E-state index is -4.70. The van der Waals surface area contributed by atoms with Crippen LogP contribution in [0, 0.1) is 0 Å². The molecular weight excluding hydrogens is 515 g/mol. The van der Waals surface area contributed by atoms with Gasteiger partial charge in [0.05, 0.1) is 12.9 Å². The Labute approximate surface area is 170 Å². The molecule has 8 N–H and O–H groups in total. The smallest absolute Gasteiger partial charge is 0.326 e. The molecule has 1 aromatic heterocycles. The van der Waals surface area contributed by atoms with Gasteiger partial charge in [-0.05, 0) is 42.4 Å². The highest BCUT2D eigenvalue weighted by molar-refractivity contribution is 14.1. The standard InChI is InChI=1S/C13H23IN3O8P2/c1-9(14)26(21,22)13(19,7-17-5-4-16-8-17)27(23,24)11-2-3-12(11,25-20)10(18)6-15/h4-5,8-9,11,19,21-24H,2-3,6-7,15H2,1H3/q+1/p+1/t9-,11?,12?,13?/m1/s1. The van der Waals surface area contributed by atoms with Crippen LogP contribution < -0.4 is 5.73 Å². The highest BCUT2D eigenvalue weighted by Crippen LogP contribution is 2.86. The number of nitrogens with zero attached hydrogens (tertiary/aromatic N) is 2. The number of alkyl halides is 1. The lowest BCUT2D eigenvalue weighted by molar-refractivity contribution is -0.328. The molecule has 154 valence electrons. The molecule has 3 unspecified atom stereocenters. The number of hydrogen-bond donors (Lipinski definition) is 7. The molecule has 0 saturated heterocycles. The van der Waals surface area contributed by atoms with E-state index in [9.17, 15) is 34.7 Å². The lowest BCUT2D eigenvalue weighted by Crippen LogP contribution is -2.63. The van der Waals surface area contributed by atoms with Gasteiger partial charge in [-0.15, -0.1) is 0 Å². The summed E-state index contributed by atoms with van der Waals surface area (Å²) in [5, 5.41) is 17.8. The van der Waals surface area contributed by atoms with Gasteiger partial charge in [-0.25, -0.2) is 29.4 Å². The molecule has 0 aliphatic heterocycles. The maximum atomic E-state index is 12.2. The van der Waals surface area contributed by atoms with E-state index in [-0.39, 0.29) is 12.8 Å². The molecule has 0 amide bonds. The molecule has 1 aliphatic rings. The van der Waals surface area contributed by atoms with Crippen LogP contribution in [0.3, 0.4) is 0 Å². The van der Waals surface area contributed by atoms with Gasteiger partial charge in [-0.3, -0.25) is 10.1 Å². The fraction of sp³-hybridized carbons (Fsp3) is 0.692. The van der Waals surface area contributed by atoms with Gasteiger partial charge in [0.15, 0.2) is 15.1 Å². The number of hydrogen-bond acceptors (Lipinski definition) is 10. The van der Waals surface area contributed by atoms with Crippen molar-refractivity contribution in [1.82, 2.24) is 9.55 Å². The zero-order valence-electron chi connectivity index (χ0n) is 14.5. The van der Waals surface area contributed by atoms with Gasteiger partial charge in [0, 0.05) is 12.4 Å². The molecule has 0 aromatic carbocycles. The van der Waals surface area contributed by atoms with Gasteiger partial charge >= 0.3 is 20.5 Å². The number of aromatic nitrogens is 2. The summed E-state index contributed by atoms with van der Waals surface area (Å²) in [6.07, 6.45) is 4.01. The van der Waals surface area contributed by atoms with Crippen molar-refractivity contribution in [2.75, 3.05) is 6.54 Å². The molecule has 1 aliphatic carbocycles. The van der Waals surface area contributed by atoms with E-state index in [1.165, 1.54) is 30.2 Å². The maximum Gasteiger partial charge on any atom is 0.400 e. The number of Topliss-reactive ketones (excluding diaryl/α,β-unsaturated/α-hetero) is 1. The predicted molar refractivity (Wildman–Crippen MR) is 107 cm³/mol. The monoisotopic (exact) mass is 539 g/mol. The van der Waals surface area contributed by atoms with Crippen LogP contribution in [0.15, 0.2) is 18.7 Å². The van der Waals surface area contributed by atoms with Crippen LogP contribution >= 0.6 is 38.0 Å². The van der Waals surface area contributed by atoms with Crippen molar-refractivity contribution in [3.8, 4) is 0 Å². The summed E-state index contributed by atoms with van der Waals surface area (Å²) in [5.74, 6) is -0.777. The molecule has 1 aromatic rings. The maximum absolute atomic E-state index is 12.2. The summed E-state index contributed by atoms with van der Waals surface area (Å²) in [4.78, 5) is 63.9. The van der Waals surface area contributed by atoms with E-state index in [2.05, 4.69) is 9.87 Å². The Kier molecular flexibility index (Phi) is 7.04. The summed E-state index contributed by atoms with van der Waals surface area (Å²) < 4.78 is 0.337. The van der Waals surface area contributed by atoms with Crippen LogP contribution in [0.25, 0.3) is 0 Å². The minimum absolute atomic E-state index is 0.00887. The van der Waals surface area contributed by atoms with Crippen molar-refractivity contribution in [3.05, 3.63) is 18.7 Å². The van der Waals surface area contributed by atoms with Crippen molar-refractivity contribution >= 4 is 43.8 Å². The molecule has 1 fully saturated rings. The van der Waals surface area contributed by atoms with Gasteiger partial charge in [0.25, 0.3) is 0 Å². The zero-order chi connectivity index (χ0) is 20.7. The predicted octanol–water partition coefficient (Wildman–Crippen LogP) is -0.107. The number of carbonyl (C=O) groups excluding carboxylic acids is 1. The van der Waals surface area contributed by atoms with E-state index in [0.29, 0.717) is 0 Å². The Morgan fingerprint density at radius 3 is 2.52 bits per heavy atom. The molecule has 1 heterocycles. The summed E-state index contributed by atoms with van der Waals surface area (Å²) in [6.45, 7) is 0.295. The lowest BCUT2D eigenvalue weighted by atomic mass is 9.76. The molecule has 11 nitrogen and oxygen atoms in total. The summed E-state index contributed by atoms with van der Waals surface area (Å²) in [7, 11) is -9.07. The molecule has 4 atom stereocenters. The number of imidazole rings is 1. The van der Waals surface area contributed by atoms with Crippen LogP contribution in [0.2, 0.25) is 0 Å². The summed E-state index contributed by atoms with van der Waals surface area (Å²) in [5.41, 5.74) is 1.89. The first-order valence-electron chi connectivity index (χ1n) is 7.97. The average molecular weight is 539 g/mol. The van der Waals surface area contributed by atoms with Crippen LogP contribution in [0.5, 0.6) is 0 Å². The number of nitrogens with two attached hydrogens (primary N) is 1. The molecule has 2 rings (SSSR count). The van der Waals surface area contributed by atoms with Crippen LogP contribution in [0.4, 0.5) is 0 Å². The van der Waals surface area contributed by atoms with Crippen molar-refractivity contribution in [1.29, 1.82) is 0 Å². The lowest BCUT2D eigenvalue weighted by Gasteiger charge is -2.48. The van der Waals surface area contributed by atoms with E-state index in [4.69, 9.17) is 5.73 Å². The fourth-order valence-electron chi connectivity index (χ4n) is 3.25. The van der Waals surface area contributed by atoms with E-state index < -0.39 is 54.3 Å². The molecule has 0 spiro atoms. The number of halogens is 1. The average Bonchev–Trinajstić information content (AvgIpc) is 3.06. The second kappa shape index (κ2) is 8.11. The van der Waals surface area contributed by atoms with Gasteiger partial charge in [-0.1, -0.05) is 0 Å². The van der Waals surface area contributed by atoms with Gasteiger partial charge in [-0.2, -0.15) is 0 Å². The van der Waals surface area contributed by atoms with Crippen molar-refractivity contribution in [2.45, 2.75) is 46.3 Å². The second-order valence-corrected chi connectivity index (χ2v) is 15.2. The Balaban J connectivity index is 2.55. The third kappa shape index (κ3) is 3.59. The number of aliphatic hydroxyl groups is 1. The third-order valence-corrected chi connectivity index (χ3v) is 14.1. The second-order valence-electron chi connectivity index (χ2n) is 6.54. The number of carbonyl (C=O) groups is 1. The van der Waals surface area contributed by atoms with E-state index in [1.807, 2.05) is 0 Å². The molecule has 14 heteroatoms. The normalized spacial score (nSPS) is 26.9. The Morgan fingerprint density at radius 1 is 1.52 bits per heavy atom. The zero-order valence-corrected chi connectivity index (χ0v) is 18.4. The SMILES string of the molecule is C[C@H](I)[P+](O)(O)C(O)(Cn1ccnc1)[P+](O)(O)C1CCC1(OO)C(=O)CN. The molecular formula is C13H24IN3O8P2+2. The largest absolute Gasteiger partial charge is 0.400 e. The topological polar surface area (TPSA) is 192 Å². The van der Waals surface area contributed by atoms with E-state index >= 15 is 0 Å². The first kappa shape index (κ1) is 23.4. The molecule has 0 bridgehead atoms. The molecule has 27 heavy (non-hydrogen) atoms. The molecule has 0 radical (unpaired) electrons.